The fourth-order valence-electron chi connectivity index (χ4n) is 5.68. The summed E-state index contributed by atoms with van der Waals surface area (Å²) < 4.78 is 30.7. The van der Waals surface area contributed by atoms with E-state index in [1.807, 2.05) is 32.9 Å². The van der Waals surface area contributed by atoms with Gasteiger partial charge in [0.2, 0.25) is 0 Å². The van der Waals surface area contributed by atoms with Gasteiger partial charge < -0.3 is 0 Å². The first-order valence-electron chi connectivity index (χ1n) is 9.52. The number of hydrogen-bond acceptors (Lipinski definition) is 1. The van der Waals surface area contributed by atoms with Crippen LogP contribution in [-0.4, -0.2) is 14.7 Å². The van der Waals surface area contributed by atoms with Crippen molar-refractivity contribution < 1.29 is 8.60 Å². The van der Waals surface area contributed by atoms with Crippen LogP contribution >= 0.6 is 0 Å². The van der Waals surface area contributed by atoms with Gasteiger partial charge in [-0.15, -0.1) is 0 Å². The van der Waals surface area contributed by atoms with E-state index in [2.05, 4.69) is 0 Å². The molecule has 0 spiro atoms. The van der Waals surface area contributed by atoms with Crippen molar-refractivity contribution >= 4 is 16.7 Å². The minimum atomic E-state index is -1.29. The fraction of sp³-hybridized carbons (Fsp3) is 0.667. The maximum absolute atomic E-state index is 13.5. The van der Waals surface area contributed by atoms with Crippen LogP contribution in [0.2, 0.25) is 0 Å². The lowest BCUT2D eigenvalue weighted by atomic mass is 9.48. The molecule has 1 aromatic rings. The third kappa shape index (κ3) is 3.22. The van der Waals surface area contributed by atoms with Crippen LogP contribution in [0.1, 0.15) is 64.9 Å². The topological polar surface area (TPSA) is 29.4 Å². The summed E-state index contributed by atoms with van der Waals surface area (Å²) >= 11 is 0. The SMILES string of the molecule is CC(C)(C)S(=O)N=C(c1ccc(F)cc1)C12CC3CC(CC(C3)C1)C2. The van der Waals surface area contributed by atoms with Crippen LogP contribution in [0.25, 0.3) is 0 Å². The Bertz CT molecular complexity index is 681. The van der Waals surface area contributed by atoms with Gasteiger partial charge in [0.1, 0.15) is 16.8 Å². The molecule has 0 N–H and O–H groups in total. The first kappa shape index (κ1) is 17.4. The third-order valence-electron chi connectivity index (χ3n) is 6.36. The van der Waals surface area contributed by atoms with E-state index < -0.39 is 11.0 Å². The Labute approximate surface area is 152 Å². The van der Waals surface area contributed by atoms with Gasteiger partial charge in [0.25, 0.3) is 0 Å². The van der Waals surface area contributed by atoms with Crippen LogP contribution in [0.15, 0.2) is 28.7 Å². The lowest BCUT2D eigenvalue weighted by molar-refractivity contribution is -0.0118. The van der Waals surface area contributed by atoms with Crippen LogP contribution in [0.4, 0.5) is 4.39 Å². The first-order valence-corrected chi connectivity index (χ1v) is 10.6. The van der Waals surface area contributed by atoms with Crippen LogP contribution in [0.3, 0.4) is 0 Å². The van der Waals surface area contributed by atoms with Gasteiger partial charge in [0.05, 0.1) is 10.5 Å². The molecule has 2 nitrogen and oxygen atoms in total. The number of benzene rings is 1. The van der Waals surface area contributed by atoms with Gasteiger partial charge in [0, 0.05) is 5.41 Å². The van der Waals surface area contributed by atoms with Gasteiger partial charge in [-0.25, -0.2) is 8.60 Å². The highest BCUT2D eigenvalue weighted by molar-refractivity contribution is 7.85. The van der Waals surface area contributed by atoms with Gasteiger partial charge >= 0.3 is 0 Å². The molecule has 0 aliphatic heterocycles. The smallest absolute Gasteiger partial charge is 0.145 e. The summed E-state index contributed by atoms with van der Waals surface area (Å²) in [5.74, 6) is 2.14. The molecule has 4 bridgehead atoms. The normalized spacial score (nSPS) is 35.8. The Balaban J connectivity index is 1.79. The first-order chi connectivity index (χ1) is 11.7. The van der Waals surface area contributed by atoms with Crippen molar-refractivity contribution in [2.24, 2.45) is 27.6 Å². The zero-order valence-electron chi connectivity index (χ0n) is 15.4. The van der Waals surface area contributed by atoms with Crippen molar-refractivity contribution in [3.63, 3.8) is 0 Å². The molecular formula is C21H28FNOS. The predicted octanol–water partition coefficient (Wildman–Crippen LogP) is 5.29. The third-order valence-corrected chi connectivity index (χ3v) is 7.75. The molecule has 4 heteroatoms. The van der Waals surface area contributed by atoms with Crippen molar-refractivity contribution in [3.8, 4) is 0 Å². The molecule has 0 heterocycles. The summed E-state index contributed by atoms with van der Waals surface area (Å²) in [5, 5.41) is 0. The zero-order valence-corrected chi connectivity index (χ0v) is 16.2. The fourth-order valence-corrected chi connectivity index (χ4v) is 6.42. The van der Waals surface area contributed by atoms with Crippen molar-refractivity contribution in [3.05, 3.63) is 35.6 Å². The monoisotopic (exact) mass is 361 g/mol. The van der Waals surface area contributed by atoms with E-state index >= 15 is 0 Å². The molecular weight excluding hydrogens is 333 g/mol. The molecule has 4 aliphatic rings. The average Bonchev–Trinajstić information content (AvgIpc) is 2.51. The summed E-state index contributed by atoms with van der Waals surface area (Å²) in [6, 6.07) is 6.66. The zero-order chi connectivity index (χ0) is 17.8. The predicted molar refractivity (Wildman–Crippen MR) is 101 cm³/mol. The van der Waals surface area contributed by atoms with Crippen molar-refractivity contribution in [1.82, 2.24) is 0 Å². The Morgan fingerprint density at radius 3 is 1.96 bits per heavy atom. The van der Waals surface area contributed by atoms with E-state index in [0.29, 0.717) is 0 Å². The molecule has 1 unspecified atom stereocenters. The molecule has 4 saturated carbocycles. The largest absolute Gasteiger partial charge is 0.234 e. The maximum atomic E-state index is 13.5. The Kier molecular flexibility index (Phi) is 4.18. The second-order valence-corrected chi connectivity index (χ2v) is 11.4. The highest BCUT2D eigenvalue weighted by atomic mass is 32.2. The van der Waals surface area contributed by atoms with Gasteiger partial charge in [-0.05, 0) is 94.7 Å². The van der Waals surface area contributed by atoms with Gasteiger partial charge in [-0.2, -0.15) is 4.40 Å². The molecule has 136 valence electrons. The van der Waals surface area contributed by atoms with Crippen molar-refractivity contribution in [2.75, 3.05) is 0 Å². The summed E-state index contributed by atoms with van der Waals surface area (Å²) in [6.07, 6.45) is 7.57. The van der Waals surface area contributed by atoms with E-state index in [-0.39, 0.29) is 16.0 Å². The quantitative estimate of drug-likeness (QED) is 0.672. The number of nitrogens with zero attached hydrogens (tertiary/aromatic N) is 1. The molecule has 1 aromatic carbocycles. The number of hydrogen-bond donors (Lipinski definition) is 0. The minimum Gasteiger partial charge on any atom is -0.234 e. The number of halogens is 1. The Morgan fingerprint density at radius 1 is 1.04 bits per heavy atom. The van der Waals surface area contributed by atoms with E-state index in [0.717, 1.165) is 48.3 Å². The molecule has 0 saturated heterocycles. The molecule has 4 fully saturated rings. The van der Waals surface area contributed by atoms with Crippen LogP contribution in [0, 0.1) is 29.0 Å². The van der Waals surface area contributed by atoms with E-state index in [1.54, 1.807) is 0 Å². The maximum Gasteiger partial charge on any atom is 0.145 e. The van der Waals surface area contributed by atoms with Gasteiger partial charge in [0.15, 0.2) is 0 Å². The van der Waals surface area contributed by atoms with Crippen molar-refractivity contribution in [1.29, 1.82) is 0 Å². The van der Waals surface area contributed by atoms with Gasteiger partial charge in [-0.1, -0.05) is 12.1 Å². The molecule has 25 heavy (non-hydrogen) atoms. The molecule has 5 rings (SSSR count). The minimum absolute atomic E-state index is 0.0491. The Morgan fingerprint density at radius 2 is 1.52 bits per heavy atom. The van der Waals surface area contributed by atoms with Crippen LogP contribution in [-0.2, 0) is 11.0 Å². The second kappa shape index (κ2) is 6.00. The standard InChI is InChI=1S/C21H28FNOS/c1-20(2,3)25(24)23-19(17-4-6-18(22)7-5-17)21-11-14-8-15(12-21)10-16(9-14)13-21/h4-7,14-16H,8-13H2,1-3H3. The van der Waals surface area contributed by atoms with E-state index in [1.165, 1.54) is 31.4 Å². The lowest BCUT2D eigenvalue weighted by Gasteiger charge is -2.57. The van der Waals surface area contributed by atoms with Crippen molar-refractivity contribution in [2.45, 2.75) is 64.0 Å². The van der Waals surface area contributed by atoms with Crippen LogP contribution in [0.5, 0.6) is 0 Å². The molecule has 0 aromatic heterocycles. The van der Waals surface area contributed by atoms with E-state index in [9.17, 15) is 8.60 Å². The molecule has 4 aliphatic carbocycles. The Hall–Kier alpha value is -1.03. The summed E-state index contributed by atoms with van der Waals surface area (Å²) in [7, 11) is -1.29. The molecule has 0 radical (unpaired) electrons. The highest BCUT2D eigenvalue weighted by Crippen LogP contribution is 2.61. The number of rotatable bonds is 3. The second-order valence-electron chi connectivity index (χ2n) is 9.51. The van der Waals surface area contributed by atoms with E-state index in [4.69, 9.17) is 4.40 Å². The summed E-state index contributed by atoms with van der Waals surface area (Å²) in [5.41, 5.74) is 1.99. The van der Waals surface area contributed by atoms with Gasteiger partial charge in [-0.3, -0.25) is 0 Å². The summed E-state index contributed by atoms with van der Waals surface area (Å²) in [4.78, 5) is 0. The van der Waals surface area contributed by atoms with Crippen LogP contribution < -0.4 is 0 Å². The average molecular weight is 362 g/mol. The molecule has 1 atom stereocenters. The summed E-state index contributed by atoms with van der Waals surface area (Å²) in [6.45, 7) is 5.90. The highest BCUT2D eigenvalue weighted by Gasteiger charge is 2.53. The lowest BCUT2D eigenvalue weighted by Crippen LogP contribution is -2.50. The molecule has 0 amide bonds.